The SMILES string of the molecule is O=C(NS(=O)(=O)c1cccc(F)c1F)c1cn(CCC2CC2)nn1. The average molecular weight is 356 g/mol. The standard InChI is InChI=1S/C14H14F2N4O3S/c15-10-2-1-3-12(13(10)16)24(22,23)18-14(21)11-8-20(19-17-11)7-6-9-4-5-9/h1-3,8-9H,4-7H2,(H,18,21). The van der Waals surface area contributed by atoms with Crippen LogP contribution in [-0.4, -0.2) is 29.3 Å². The Balaban J connectivity index is 1.72. The molecule has 1 aliphatic rings. The Hall–Kier alpha value is -2.36. The molecular weight excluding hydrogens is 342 g/mol. The van der Waals surface area contributed by atoms with E-state index < -0.39 is 32.5 Å². The molecule has 128 valence electrons. The van der Waals surface area contributed by atoms with Crippen LogP contribution in [0, 0.1) is 17.6 Å². The number of aryl methyl sites for hydroxylation is 1. The molecule has 0 bridgehead atoms. The van der Waals surface area contributed by atoms with Crippen LogP contribution in [0.1, 0.15) is 29.8 Å². The zero-order valence-electron chi connectivity index (χ0n) is 12.4. The third-order valence-corrected chi connectivity index (χ3v) is 5.02. The van der Waals surface area contributed by atoms with Crippen molar-refractivity contribution in [2.75, 3.05) is 0 Å². The molecule has 0 spiro atoms. The minimum atomic E-state index is -4.56. The number of nitrogens with zero attached hydrogens (tertiary/aromatic N) is 3. The lowest BCUT2D eigenvalue weighted by Gasteiger charge is -2.06. The summed E-state index contributed by atoms with van der Waals surface area (Å²) in [7, 11) is -4.56. The number of hydrogen-bond acceptors (Lipinski definition) is 5. The van der Waals surface area contributed by atoms with E-state index in [0.29, 0.717) is 12.5 Å². The molecule has 1 heterocycles. The van der Waals surface area contributed by atoms with Crippen molar-refractivity contribution in [2.45, 2.75) is 30.7 Å². The maximum Gasteiger partial charge on any atom is 0.287 e. The zero-order valence-corrected chi connectivity index (χ0v) is 13.3. The molecular formula is C14H14F2N4O3S. The molecule has 1 saturated carbocycles. The van der Waals surface area contributed by atoms with E-state index >= 15 is 0 Å². The third kappa shape index (κ3) is 3.58. The van der Waals surface area contributed by atoms with Crippen LogP contribution in [0.2, 0.25) is 0 Å². The topological polar surface area (TPSA) is 94.0 Å². The molecule has 2 aromatic rings. The van der Waals surface area contributed by atoms with E-state index in [1.54, 1.807) is 4.72 Å². The average Bonchev–Trinajstić information content (AvgIpc) is 3.23. The third-order valence-electron chi connectivity index (χ3n) is 3.67. The second-order valence-corrected chi connectivity index (χ2v) is 7.24. The Bertz CT molecular complexity index is 878. The number of rotatable bonds is 6. The van der Waals surface area contributed by atoms with Gasteiger partial charge in [-0.2, -0.15) is 0 Å². The zero-order chi connectivity index (χ0) is 17.3. The number of carbonyl (C=O) groups is 1. The Morgan fingerprint density at radius 1 is 1.33 bits per heavy atom. The first-order valence-electron chi connectivity index (χ1n) is 7.28. The van der Waals surface area contributed by atoms with Crippen LogP contribution in [0.15, 0.2) is 29.3 Å². The second-order valence-electron chi connectivity index (χ2n) is 5.59. The summed E-state index contributed by atoms with van der Waals surface area (Å²) in [6, 6.07) is 2.67. The van der Waals surface area contributed by atoms with Gasteiger partial charge in [0.05, 0.1) is 6.20 Å². The molecule has 1 amide bonds. The second kappa shape index (κ2) is 6.27. The van der Waals surface area contributed by atoms with Gasteiger partial charge in [0.15, 0.2) is 17.3 Å². The molecule has 0 unspecified atom stereocenters. The fourth-order valence-electron chi connectivity index (χ4n) is 2.15. The van der Waals surface area contributed by atoms with Gasteiger partial charge in [0.25, 0.3) is 15.9 Å². The fraction of sp³-hybridized carbons (Fsp3) is 0.357. The highest BCUT2D eigenvalue weighted by molar-refractivity contribution is 7.90. The lowest BCUT2D eigenvalue weighted by atomic mass is 10.3. The molecule has 0 saturated heterocycles. The van der Waals surface area contributed by atoms with Crippen LogP contribution in [0.25, 0.3) is 0 Å². The molecule has 1 N–H and O–H groups in total. The minimum absolute atomic E-state index is 0.216. The lowest BCUT2D eigenvalue weighted by molar-refractivity contribution is 0.0976. The minimum Gasteiger partial charge on any atom is -0.266 e. The predicted molar refractivity (Wildman–Crippen MR) is 78.4 cm³/mol. The van der Waals surface area contributed by atoms with Gasteiger partial charge in [0, 0.05) is 6.54 Å². The summed E-state index contributed by atoms with van der Waals surface area (Å²) in [5.41, 5.74) is -0.216. The van der Waals surface area contributed by atoms with E-state index in [9.17, 15) is 22.0 Å². The summed E-state index contributed by atoms with van der Waals surface area (Å²) in [4.78, 5) is 11.0. The molecule has 0 atom stereocenters. The molecule has 0 radical (unpaired) electrons. The van der Waals surface area contributed by atoms with Crippen LogP contribution in [0.3, 0.4) is 0 Å². The Kier molecular flexibility index (Phi) is 4.31. The number of benzene rings is 1. The van der Waals surface area contributed by atoms with Crippen molar-refractivity contribution in [2.24, 2.45) is 5.92 Å². The summed E-state index contributed by atoms with van der Waals surface area (Å²) in [6.07, 6.45) is 4.59. The first-order chi connectivity index (χ1) is 11.4. The largest absolute Gasteiger partial charge is 0.287 e. The van der Waals surface area contributed by atoms with E-state index in [-0.39, 0.29) is 5.69 Å². The Morgan fingerprint density at radius 3 is 2.79 bits per heavy atom. The Labute approximate surface area is 136 Å². The van der Waals surface area contributed by atoms with Crippen LogP contribution >= 0.6 is 0 Å². The molecule has 24 heavy (non-hydrogen) atoms. The summed E-state index contributed by atoms with van der Waals surface area (Å²) in [5, 5.41) is 7.35. The quantitative estimate of drug-likeness (QED) is 0.846. The number of hydrogen-bond donors (Lipinski definition) is 1. The lowest BCUT2D eigenvalue weighted by Crippen LogP contribution is -2.31. The number of sulfonamides is 1. The number of amides is 1. The van der Waals surface area contributed by atoms with Crippen molar-refractivity contribution in [3.05, 3.63) is 41.7 Å². The molecule has 1 aromatic carbocycles. The van der Waals surface area contributed by atoms with Gasteiger partial charge in [-0.3, -0.25) is 9.48 Å². The van der Waals surface area contributed by atoms with Crippen molar-refractivity contribution in [3.63, 3.8) is 0 Å². The van der Waals surface area contributed by atoms with Crippen LogP contribution < -0.4 is 4.72 Å². The number of aromatic nitrogens is 3. The summed E-state index contributed by atoms with van der Waals surface area (Å²) < 4.78 is 53.9. The van der Waals surface area contributed by atoms with Gasteiger partial charge in [-0.25, -0.2) is 21.9 Å². The van der Waals surface area contributed by atoms with Crippen LogP contribution in [0.5, 0.6) is 0 Å². The number of halogens is 2. The van der Waals surface area contributed by atoms with Crippen LogP contribution in [-0.2, 0) is 16.6 Å². The molecule has 1 aliphatic carbocycles. The maximum absolute atomic E-state index is 13.6. The van der Waals surface area contributed by atoms with E-state index in [4.69, 9.17) is 0 Å². The summed E-state index contributed by atoms with van der Waals surface area (Å²) in [5.74, 6) is -3.26. The Morgan fingerprint density at radius 2 is 2.08 bits per heavy atom. The summed E-state index contributed by atoms with van der Waals surface area (Å²) >= 11 is 0. The van der Waals surface area contributed by atoms with E-state index in [1.165, 1.54) is 23.7 Å². The van der Waals surface area contributed by atoms with Crippen molar-refractivity contribution in [3.8, 4) is 0 Å². The molecule has 1 fully saturated rings. The predicted octanol–water partition coefficient (Wildman–Crippen LogP) is 1.48. The highest BCUT2D eigenvalue weighted by Gasteiger charge is 2.26. The van der Waals surface area contributed by atoms with Gasteiger partial charge >= 0.3 is 0 Å². The van der Waals surface area contributed by atoms with Gasteiger partial charge in [-0.05, 0) is 24.5 Å². The van der Waals surface area contributed by atoms with E-state index in [2.05, 4.69) is 10.3 Å². The van der Waals surface area contributed by atoms with Crippen molar-refractivity contribution in [1.82, 2.24) is 19.7 Å². The first kappa shape index (κ1) is 16.5. The number of carbonyl (C=O) groups excluding carboxylic acids is 1. The van der Waals surface area contributed by atoms with Gasteiger partial charge in [0.1, 0.15) is 4.90 Å². The highest BCUT2D eigenvalue weighted by atomic mass is 32.2. The number of nitrogens with one attached hydrogen (secondary N) is 1. The van der Waals surface area contributed by atoms with Gasteiger partial charge in [0.2, 0.25) is 0 Å². The van der Waals surface area contributed by atoms with Crippen molar-refractivity contribution in [1.29, 1.82) is 0 Å². The summed E-state index contributed by atoms with van der Waals surface area (Å²) in [6.45, 7) is 0.580. The fourth-order valence-corrected chi connectivity index (χ4v) is 3.20. The molecule has 3 rings (SSSR count). The smallest absolute Gasteiger partial charge is 0.266 e. The normalized spacial score (nSPS) is 14.6. The molecule has 7 nitrogen and oxygen atoms in total. The van der Waals surface area contributed by atoms with E-state index in [1.807, 2.05) is 0 Å². The molecule has 10 heteroatoms. The maximum atomic E-state index is 13.6. The first-order valence-corrected chi connectivity index (χ1v) is 8.76. The van der Waals surface area contributed by atoms with Crippen molar-refractivity contribution < 1.29 is 22.0 Å². The molecule has 1 aromatic heterocycles. The molecule has 0 aliphatic heterocycles. The highest BCUT2D eigenvalue weighted by Crippen LogP contribution is 2.32. The van der Waals surface area contributed by atoms with Crippen molar-refractivity contribution >= 4 is 15.9 Å². The van der Waals surface area contributed by atoms with Gasteiger partial charge in [-0.1, -0.05) is 24.1 Å². The van der Waals surface area contributed by atoms with E-state index in [0.717, 1.165) is 24.6 Å². The van der Waals surface area contributed by atoms with Gasteiger partial charge < -0.3 is 0 Å². The van der Waals surface area contributed by atoms with Crippen LogP contribution in [0.4, 0.5) is 8.78 Å². The monoisotopic (exact) mass is 356 g/mol. The van der Waals surface area contributed by atoms with Gasteiger partial charge in [-0.15, -0.1) is 5.10 Å².